The monoisotopic (exact) mass is 220 g/mol. The second-order valence-electron chi connectivity index (χ2n) is 2.02. The van der Waals surface area contributed by atoms with Crippen LogP contribution in [0.4, 0.5) is 0 Å². The summed E-state index contributed by atoms with van der Waals surface area (Å²) in [4.78, 5) is 36.6. The van der Waals surface area contributed by atoms with Gasteiger partial charge < -0.3 is 24.8 Å². The standard InChI is InChI=1S/C4H7O7P.Na/c5-3(6)1-2(4(7)8)12(9,10)11;/h2H,1H2,(H,5,6)(H,7,8)(H2,9,10,11);/q;+1/p-1. The minimum Gasteiger partial charge on any atom is -0.549 e. The van der Waals surface area contributed by atoms with Gasteiger partial charge in [0.25, 0.3) is 0 Å². The van der Waals surface area contributed by atoms with Gasteiger partial charge in [0, 0.05) is 0 Å². The maximum atomic E-state index is 10.3. The summed E-state index contributed by atoms with van der Waals surface area (Å²) in [6, 6.07) is 0. The average Bonchev–Trinajstić information content (AvgIpc) is 1.79. The topological polar surface area (TPSA) is 135 Å². The van der Waals surface area contributed by atoms with E-state index in [2.05, 4.69) is 0 Å². The van der Waals surface area contributed by atoms with Gasteiger partial charge in [0.2, 0.25) is 0 Å². The number of hydrogen-bond acceptors (Lipinski definition) is 4. The Morgan fingerprint density at radius 2 is 1.77 bits per heavy atom. The Bertz CT molecular complexity index is 245. The van der Waals surface area contributed by atoms with Crippen molar-refractivity contribution < 1.29 is 63.7 Å². The predicted molar refractivity (Wildman–Crippen MR) is 33.1 cm³/mol. The number of carboxylic acid groups (broad SMARTS) is 2. The number of carboxylic acids is 2. The van der Waals surface area contributed by atoms with Crippen LogP contribution in [-0.4, -0.2) is 32.5 Å². The quantitative estimate of drug-likeness (QED) is 0.318. The Morgan fingerprint density at radius 1 is 1.38 bits per heavy atom. The molecule has 0 aromatic heterocycles. The summed E-state index contributed by atoms with van der Waals surface area (Å²) >= 11 is 0. The van der Waals surface area contributed by atoms with Gasteiger partial charge >= 0.3 is 43.1 Å². The summed E-state index contributed by atoms with van der Waals surface area (Å²) < 4.78 is 10.3. The molecule has 0 aliphatic carbocycles. The van der Waals surface area contributed by atoms with Crippen LogP contribution in [0.15, 0.2) is 0 Å². The Labute approximate surface area is 95.2 Å². The van der Waals surface area contributed by atoms with Crippen molar-refractivity contribution in [2.24, 2.45) is 0 Å². The maximum absolute atomic E-state index is 10.3. The van der Waals surface area contributed by atoms with E-state index in [9.17, 15) is 19.3 Å². The number of hydrogen-bond donors (Lipinski definition) is 3. The Morgan fingerprint density at radius 3 is 1.85 bits per heavy atom. The van der Waals surface area contributed by atoms with Crippen LogP contribution in [0.5, 0.6) is 0 Å². The first kappa shape index (κ1) is 15.6. The van der Waals surface area contributed by atoms with E-state index in [1.165, 1.54) is 0 Å². The van der Waals surface area contributed by atoms with E-state index in [1.54, 1.807) is 0 Å². The van der Waals surface area contributed by atoms with Crippen molar-refractivity contribution in [2.75, 3.05) is 0 Å². The molecule has 0 saturated heterocycles. The molecule has 1 atom stereocenters. The summed E-state index contributed by atoms with van der Waals surface area (Å²) in [7, 11) is -4.93. The van der Waals surface area contributed by atoms with Crippen LogP contribution in [0, 0.1) is 0 Å². The number of carbonyl (C=O) groups is 2. The van der Waals surface area contributed by atoms with Gasteiger partial charge in [0.1, 0.15) is 5.66 Å². The number of carbonyl (C=O) groups excluding carboxylic acids is 1. The molecule has 3 N–H and O–H groups in total. The van der Waals surface area contributed by atoms with Gasteiger partial charge in [-0.05, 0) is 0 Å². The fraction of sp³-hybridized carbons (Fsp3) is 0.500. The minimum absolute atomic E-state index is 0. The van der Waals surface area contributed by atoms with Gasteiger partial charge in [-0.15, -0.1) is 0 Å². The van der Waals surface area contributed by atoms with Crippen LogP contribution < -0.4 is 34.7 Å². The Hall–Kier alpha value is 0.0900. The zero-order chi connectivity index (χ0) is 9.94. The van der Waals surface area contributed by atoms with E-state index >= 15 is 0 Å². The zero-order valence-corrected chi connectivity index (χ0v) is 9.60. The zero-order valence-electron chi connectivity index (χ0n) is 6.71. The molecular formula is C4H6NaO7P. The fourth-order valence-electron chi connectivity index (χ4n) is 0.505. The number of aliphatic carboxylic acids is 2. The average molecular weight is 220 g/mol. The third-order valence-corrected chi connectivity index (χ3v) is 2.25. The fourth-order valence-corrected chi connectivity index (χ4v) is 1.17. The molecule has 0 aromatic carbocycles. The van der Waals surface area contributed by atoms with Crippen molar-refractivity contribution in [3.05, 3.63) is 0 Å². The van der Waals surface area contributed by atoms with Gasteiger partial charge in [-0.1, -0.05) is 0 Å². The van der Waals surface area contributed by atoms with E-state index in [0.29, 0.717) is 0 Å². The first-order chi connectivity index (χ1) is 5.25. The Balaban J connectivity index is 0. The van der Waals surface area contributed by atoms with Crippen molar-refractivity contribution in [1.82, 2.24) is 0 Å². The van der Waals surface area contributed by atoms with Crippen molar-refractivity contribution in [3.63, 3.8) is 0 Å². The van der Waals surface area contributed by atoms with E-state index < -0.39 is 31.6 Å². The molecule has 0 aliphatic rings. The third kappa shape index (κ3) is 6.20. The van der Waals surface area contributed by atoms with E-state index in [1.807, 2.05) is 0 Å². The maximum Gasteiger partial charge on any atom is 1.00 e. The molecule has 0 rings (SSSR count). The molecule has 0 saturated carbocycles. The third-order valence-electron chi connectivity index (χ3n) is 1.05. The van der Waals surface area contributed by atoms with Crippen LogP contribution in [0.1, 0.15) is 6.42 Å². The summed E-state index contributed by atoms with van der Waals surface area (Å²) in [6.07, 6.45) is -1.15. The van der Waals surface area contributed by atoms with Gasteiger partial charge in [-0.2, -0.15) is 0 Å². The van der Waals surface area contributed by atoms with E-state index in [4.69, 9.17) is 14.9 Å². The molecule has 0 amide bonds. The number of rotatable bonds is 4. The second kappa shape index (κ2) is 5.74. The summed E-state index contributed by atoms with van der Waals surface area (Å²) in [5.74, 6) is -3.67. The molecule has 0 fully saturated rings. The second-order valence-corrected chi connectivity index (χ2v) is 3.82. The molecule has 7 nitrogen and oxygen atoms in total. The molecular weight excluding hydrogens is 214 g/mol. The molecule has 0 aromatic rings. The molecule has 0 heterocycles. The largest absolute Gasteiger partial charge is 1.00 e. The minimum atomic E-state index is -4.93. The van der Waals surface area contributed by atoms with Crippen LogP contribution in [0.2, 0.25) is 0 Å². The van der Waals surface area contributed by atoms with Crippen molar-refractivity contribution in [1.29, 1.82) is 0 Å². The summed E-state index contributed by atoms with van der Waals surface area (Å²) in [5.41, 5.74) is -2.27. The van der Waals surface area contributed by atoms with Crippen LogP contribution in [-0.2, 0) is 14.2 Å². The van der Waals surface area contributed by atoms with Gasteiger partial charge in [0.15, 0.2) is 0 Å². The van der Waals surface area contributed by atoms with Crippen LogP contribution in [0.3, 0.4) is 0 Å². The van der Waals surface area contributed by atoms with Gasteiger partial charge in [-0.25, -0.2) is 0 Å². The molecule has 1 unspecified atom stereocenters. The van der Waals surface area contributed by atoms with E-state index in [-0.39, 0.29) is 29.6 Å². The molecule has 0 radical (unpaired) electrons. The summed E-state index contributed by atoms with van der Waals surface area (Å²) in [6.45, 7) is 0. The van der Waals surface area contributed by atoms with Crippen LogP contribution >= 0.6 is 7.60 Å². The SMILES string of the molecule is O=C(O)CC(C(=O)[O-])P(=O)(O)O.[Na+]. The molecule has 0 bridgehead atoms. The van der Waals surface area contributed by atoms with E-state index in [0.717, 1.165) is 0 Å². The molecule has 13 heavy (non-hydrogen) atoms. The van der Waals surface area contributed by atoms with Crippen molar-refractivity contribution in [3.8, 4) is 0 Å². The Kier molecular flexibility index (Phi) is 6.87. The molecule has 0 spiro atoms. The smallest absolute Gasteiger partial charge is 0.549 e. The first-order valence-electron chi connectivity index (χ1n) is 2.73. The van der Waals surface area contributed by atoms with Crippen molar-refractivity contribution >= 4 is 19.5 Å². The first-order valence-corrected chi connectivity index (χ1v) is 4.41. The van der Waals surface area contributed by atoms with Crippen molar-refractivity contribution in [2.45, 2.75) is 12.1 Å². The summed E-state index contributed by atoms with van der Waals surface area (Å²) in [5, 5.41) is 18.1. The normalized spacial score (nSPS) is 12.8. The predicted octanol–water partition coefficient (Wildman–Crippen LogP) is -5.24. The molecule has 70 valence electrons. The van der Waals surface area contributed by atoms with Gasteiger partial charge in [0.05, 0.1) is 12.4 Å². The van der Waals surface area contributed by atoms with Crippen LogP contribution in [0.25, 0.3) is 0 Å². The molecule has 9 heteroatoms. The van der Waals surface area contributed by atoms with Gasteiger partial charge in [-0.3, -0.25) is 9.36 Å². The molecule has 0 aliphatic heterocycles.